The summed E-state index contributed by atoms with van der Waals surface area (Å²) in [6, 6.07) is 13.7. The SMILES string of the molecule is CC(C)[C@H](N=C1NS(=O)(=O)c2ccccc21)C(=O)Nc1cccc(N2CCCC2)c1. The normalized spacial score (nSPS) is 19.6. The standard InChI is InChI=1S/C22H26N4O3S/c1-15(2)20(24-21-18-10-3-4-11-19(18)30(28,29)25-21)22(27)23-16-8-7-9-17(14-16)26-12-5-6-13-26/h3-4,7-11,14-15,20H,5-6,12-13H2,1-2H3,(H,23,27)(H,24,25)/t20-/m0/s1. The van der Waals surface area contributed by atoms with Crippen LogP contribution in [0.3, 0.4) is 0 Å². The van der Waals surface area contributed by atoms with Crippen LogP contribution in [0, 0.1) is 5.92 Å². The van der Waals surface area contributed by atoms with Crippen molar-refractivity contribution in [1.82, 2.24) is 4.72 Å². The third-order valence-electron chi connectivity index (χ3n) is 5.42. The van der Waals surface area contributed by atoms with E-state index in [4.69, 9.17) is 0 Å². The largest absolute Gasteiger partial charge is 0.371 e. The lowest BCUT2D eigenvalue weighted by Crippen LogP contribution is -2.34. The van der Waals surface area contributed by atoms with Gasteiger partial charge in [0.2, 0.25) is 5.91 Å². The van der Waals surface area contributed by atoms with Crippen LogP contribution < -0.4 is 14.9 Å². The molecule has 30 heavy (non-hydrogen) atoms. The van der Waals surface area contributed by atoms with E-state index >= 15 is 0 Å². The van der Waals surface area contributed by atoms with Crippen molar-refractivity contribution in [2.45, 2.75) is 37.6 Å². The summed E-state index contributed by atoms with van der Waals surface area (Å²) in [5.41, 5.74) is 2.30. The topological polar surface area (TPSA) is 90.9 Å². The van der Waals surface area contributed by atoms with Gasteiger partial charge >= 0.3 is 0 Å². The quantitative estimate of drug-likeness (QED) is 0.769. The summed E-state index contributed by atoms with van der Waals surface area (Å²) in [7, 11) is -3.64. The maximum absolute atomic E-state index is 13.0. The van der Waals surface area contributed by atoms with Crippen LogP contribution in [-0.2, 0) is 14.8 Å². The number of carbonyl (C=O) groups is 1. The Morgan fingerprint density at radius 2 is 1.83 bits per heavy atom. The van der Waals surface area contributed by atoms with Crippen LogP contribution in [0.5, 0.6) is 0 Å². The lowest BCUT2D eigenvalue weighted by molar-refractivity contribution is -0.118. The molecule has 8 heteroatoms. The van der Waals surface area contributed by atoms with E-state index in [0.717, 1.165) is 18.8 Å². The predicted molar refractivity (Wildman–Crippen MR) is 118 cm³/mol. The van der Waals surface area contributed by atoms with Gasteiger partial charge < -0.3 is 10.2 Å². The summed E-state index contributed by atoms with van der Waals surface area (Å²) in [5, 5.41) is 2.96. The predicted octanol–water partition coefficient (Wildman–Crippen LogP) is 2.99. The highest BCUT2D eigenvalue weighted by atomic mass is 32.2. The number of amides is 1. The molecule has 2 heterocycles. The minimum absolute atomic E-state index is 0.114. The zero-order valence-electron chi connectivity index (χ0n) is 17.1. The maximum Gasteiger partial charge on any atom is 0.263 e. The molecule has 0 aliphatic carbocycles. The van der Waals surface area contributed by atoms with Gasteiger partial charge in [-0.2, -0.15) is 0 Å². The van der Waals surface area contributed by atoms with Gasteiger partial charge in [-0.25, -0.2) is 8.42 Å². The smallest absolute Gasteiger partial charge is 0.263 e. The van der Waals surface area contributed by atoms with Gasteiger partial charge in [-0.1, -0.05) is 32.0 Å². The van der Waals surface area contributed by atoms with E-state index in [-0.39, 0.29) is 22.6 Å². The number of fused-ring (bicyclic) bond motifs is 1. The Labute approximate surface area is 177 Å². The molecule has 4 rings (SSSR count). The molecule has 0 saturated carbocycles. The number of anilines is 2. The zero-order chi connectivity index (χ0) is 21.3. The van der Waals surface area contributed by atoms with Crippen molar-refractivity contribution in [3.05, 3.63) is 54.1 Å². The number of rotatable bonds is 5. The summed E-state index contributed by atoms with van der Waals surface area (Å²) < 4.78 is 27.2. The van der Waals surface area contributed by atoms with Crippen molar-refractivity contribution in [3.63, 3.8) is 0 Å². The first-order valence-corrected chi connectivity index (χ1v) is 11.7. The fourth-order valence-electron chi connectivity index (χ4n) is 3.85. The molecule has 2 aliphatic rings. The molecule has 2 aliphatic heterocycles. The van der Waals surface area contributed by atoms with Gasteiger partial charge in [-0.15, -0.1) is 0 Å². The van der Waals surface area contributed by atoms with E-state index in [1.165, 1.54) is 18.9 Å². The van der Waals surface area contributed by atoms with Crippen LogP contribution in [-0.4, -0.2) is 39.3 Å². The van der Waals surface area contributed by atoms with Gasteiger partial charge in [0.25, 0.3) is 10.0 Å². The molecule has 0 spiro atoms. The van der Waals surface area contributed by atoms with Crippen molar-refractivity contribution >= 4 is 33.1 Å². The Balaban J connectivity index is 1.58. The number of hydrogen-bond acceptors (Lipinski definition) is 5. The van der Waals surface area contributed by atoms with Crippen LogP contribution in [0.15, 0.2) is 58.4 Å². The van der Waals surface area contributed by atoms with Crippen LogP contribution in [0.25, 0.3) is 0 Å². The van der Waals surface area contributed by atoms with Crippen LogP contribution in [0.2, 0.25) is 0 Å². The third kappa shape index (κ3) is 4.05. The van der Waals surface area contributed by atoms with Gasteiger partial charge in [-0.05, 0) is 49.1 Å². The first kappa shape index (κ1) is 20.4. The molecular weight excluding hydrogens is 400 g/mol. The molecule has 2 aromatic rings. The first-order chi connectivity index (χ1) is 14.3. The monoisotopic (exact) mass is 426 g/mol. The molecule has 0 aromatic heterocycles. The summed E-state index contributed by atoms with van der Waals surface area (Å²) >= 11 is 0. The summed E-state index contributed by atoms with van der Waals surface area (Å²) in [6.07, 6.45) is 2.36. The van der Waals surface area contributed by atoms with Crippen molar-refractivity contribution < 1.29 is 13.2 Å². The lowest BCUT2D eigenvalue weighted by Gasteiger charge is -2.20. The maximum atomic E-state index is 13.0. The number of hydrogen-bond donors (Lipinski definition) is 2. The van der Waals surface area contributed by atoms with Gasteiger partial charge in [-0.3, -0.25) is 14.5 Å². The minimum Gasteiger partial charge on any atom is -0.371 e. The van der Waals surface area contributed by atoms with Gasteiger partial charge in [0.15, 0.2) is 0 Å². The second-order valence-corrected chi connectivity index (χ2v) is 9.65. The molecule has 7 nitrogen and oxygen atoms in total. The number of benzene rings is 2. The van der Waals surface area contributed by atoms with E-state index in [9.17, 15) is 13.2 Å². The molecule has 1 amide bonds. The molecule has 2 aromatic carbocycles. The minimum atomic E-state index is -3.64. The molecule has 0 unspecified atom stereocenters. The van der Waals surface area contributed by atoms with E-state index in [2.05, 4.69) is 19.9 Å². The summed E-state index contributed by atoms with van der Waals surface area (Å²) in [4.78, 5) is 20.0. The van der Waals surface area contributed by atoms with Crippen molar-refractivity contribution in [1.29, 1.82) is 0 Å². The second-order valence-electron chi connectivity index (χ2n) is 8.00. The average molecular weight is 427 g/mol. The molecule has 0 bridgehead atoms. The average Bonchev–Trinajstić information content (AvgIpc) is 3.33. The molecule has 0 radical (unpaired) electrons. The Bertz CT molecular complexity index is 1090. The Hall–Kier alpha value is -2.87. The zero-order valence-corrected chi connectivity index (χ0v) is 17.9. The number of nitrogens with zero attached hydrogens (tertiary/aromatic N) is 2. The first-order valence-electron chi connectivity index (χ1n) is 10.2. The number of sulfonamides is 1. The molecule has 1 fully saturated rings. The molecule has 158 valence electrons. The van der Waals surface area contributed by atoms with Crippen molar-refractivity contribution in [2.75, 3.05) is 23.3 Å². The molecule has 1 atom stereocenters. The van der Waals surface area contributed by atoms with Crippen LogP contribution in [0.4, 0.5) is 11.4 Å². The van der Waals surface area contributed by atoms with E-state index in [1.807, 2.05) is 38.1 Å². The number of nitrogens with one attached hydrogen (secondary N) is 2. The van der Waals surface area contributed by atoms with Crippen molar-refractivity contribution in [3.8, 4) is 0 Å². The molecule has 1 saturated heterocycles. The van der Waals surface area contributed by atoms with Gasteiger partial charge in [0, 0.05) is 30.0 Å². The van der Waals surface area contributed by atoms with Crippen molar-refractivity contribution in [2.24, 2.45) is 10.9 Å². The highest BCUT2D eigenvalue weighted by Crippen LogP contribution is 2.25. The Kier molecular flexibility index (Phi) is 5.51. The Morgan fingerprint density at radius 1 is 1.10 bits per heavy atom. The van der Waals surface area contributed by atoms with Crippen LogP contribution >= 0.6 is 0 Å². The lowest BCUT2D eigenvalue weighted by atomic mass is 10.0. The second kappa shape index (κ2) is 8.10. The van der Waals surface area contributed by atoms with Crippen LogP contribution in [0.1, 0.15) is 32.3 Å². The fraction of sp³-hybridized carbons (Fsp3) is 0.364. The fourth-order valence-corrected chi connectivity index (χ4v) is 5.09. The van der Waals surface area contributed by atoms with Gasteiger partial charge in [0.05, 0.1) is 4.90 Å². The van der Waals surface area contributed by atoms with Gasteiger partial charge in [0.1, 0.15) is 11.9 Å². The molecular formula is C22H26N4O3S. The van der Waals surface area contributed by atoms with E-state index < -0.39 is 16.1 Å². The number of amidine groups is 1. The Morgan fingerprint density at radius 3 is 2.57 bits per heavy atom. The highest BCUT2D eigenvalue weighted by molar-refractivity contribution is 7.90. The molecule has 2 N–H and O–H groups in total. The summed E-state index contributed by atoms with van der Waals surface area (Å²) in [5.74, 6) is -0.165. The van der Waals surface area contributed by atoms with E-state index in [1.54, 1.807) is 18.2 Å². The highest BCUT2D eigenvalue weighted by Gasteiger charge is 2.32. The van der Waals surface area contributed by atoms with E-state index in [0.29, 0.717) is 11.3 Å². The number of carbonyl (C=O) groups excluding carboxylic acids is 1. The number of aliphatic imine (C=N–C) groups is 1. The summed E-state index contributed by atoms with van der Waals surface area (Å²) in [6.45, 7) is 5.84. The third-order valence-corrected chi connectivity index (χ3v) is 6.81.